The van der Waals surface area contributed by atoms with Gasteiger partial charge in [0, 0.05) is 19.3 Å². The van der Waals surface area contributed by atoms with Crippen LogP contribution in [0.2, 0.25) is 5.02 Å². The van der Waals surface area contributed by atoms with Gasteiger partial charge in [-0.05, 0) is 41.1 Å². The molecule has 0 aliphatic heterocycles. The smallest absolute Gasteiger partial charge is 0.255 e. The predicted octanol–water partition coefficient (Wildman–Crippen LogP) is 1.43. The van der Waals surface area contributed by atoms with Gasteiger partial charge in [0.2, 0.25) is 5.16 Å². The number of halogens is 2. The highest BCUT2D eigenvalue weighted by atomic mass is 35.5. The van der Waals surface area contributed by atoms with Crippen LogP contribution in [0, 0.1) is 0 Å². The number of nitrogens with two attached hydrogens (primary N) is 1. The zero-order chi connectivity index (χ0) is 18.9. The number of rotatable bonds is 11. The van der Waals surface area contributed by atoms with E-state index < -0.39 is 5.91 Å². The summed E-state index contributed by atoms with van der Waals surface area (Å²) in [4.78, 5) is 10.9. The number of aryl methyl sites for hydroxylation is 1. The summed E-state index contributed by atoms with van der Waals surface area (Å²) >= 11 is 7.83. The Kier molecular flexibility index (Phi) is 10.2. The molecular formula is C15H22Cl2N6O3S. The molecule has 3 N–H and O–H groups in total. The van der Waals surface area contributed by atoms with Crippen molar-refractivity contribution in [3.05, 3.63) is 22.7 Å². The predicted molar refractivity (Wildman–Crippen MR) is 106 cm³/mol. The number of methoxy groups -OCH3 is 1. The second-order valence-electron chi connectivity index (χ2n) is 5.33. The molecule has 0 fully saturated rings. The van der Waals surface area contributed by atoms with E-state index in [0.29, 0.717) is 23.1 Å². The van der Waals surface area contributed by atoms with E-state index in [1.165, 1.54) is 7.11 Å². The van der Waals surface area contributed by atoms with E-state index in [4.69, 9.17) is 26.8 Å². The van der Waals surface area contributed by atoms with Crippen LogP contribution >= 0.6 is 35.8 Å². The number of hydrogen-bond donors (Lipinski definition) is 2. The number of carbonyl (C=O) groups is 1. The monoisotopic (exact) mass is 436 g/mol. The average molecular weight is 437 g/mol. The van der Waals surface area contributed by atoms with Crippen molar-refractivity contribution in [3.63, 3.8) is 0 Å². The molecule has 1 heterocycles. The fourth-order valence-electron chi connectivity index (χ4n) is 2.10. The lowest BCUT2D eigenvalue weighted by Gasteiger charge is -2.13. The maximum Gasteiger partial charge on any atom is 0.255 e. The van der Waals surface area contributed by atoms with Crippen LogP contribution < -0.4 is 20.5 Å². The number of primary amides is 1. The van der Waals surface area contributed by atoms with Crippen LogP contribution in [0.15, 0.2) is 17.3 Å². The van der Waals surface area contributed by atoms with Crippen molar-refractivity contribution in [3.8, 4) is 11.5 Å². The molecule has 12 heteroatoms. The van der Waals surface area contributed by atoms with E-state index >= 15 is 0 Å². The molecule has 9 nitrogen and oxygen atoms in total. The van der Waals surface area contributed by atoms with Crippen molar-refractivity contribution in [2.24, 2.45) is 12.8 Å². The summed E-state index contributed by atoms with van der Waals surface area (Å²) in [5.74, 6) is 1.10. The summed E-state index contributed by atoms with van der Waals surface area (Å²) in [7, 11) is 3.33. The molecule has 1 amide bonds. The van der Waals surface area contributed by atoms with Crippen LogP contribution in [-0.4, -0.2) is 52.1 Å². The molecule has 2 aromatic rings. The number of ether oxygens (including phenoxy) is 2. The van der Waals surface area contributed by atoms with Gasteiger partial charge in [-0.15, -0.1) is 17.5 Å². The minimum atomic E-state index is -0.580. The first kappa shape index (κ1) is 23.3. The van der Waals surface area contributed by atoms with Crippen molar-refractivity contribution in [1.29, 1.82) is 0 Å². The van der Waals surface area contributed by atoms with E-state index in [-0.39, 0.29) is 19.0 Å². The highest BCUT2D eigenvalue weighted by molar-refractivity contribution is 7.99. The molecule has 0 atom stereocenters. The second-order valence-corrected chi connectivity index (χ2v) is 6.80. The Bertz CT molecular complexity index is 746. The topological polar surface area (TPSA) is 117 Å². The van der Waals surface area contributed by atoms with Gasteiger partial charge in [0.25, 0.3) is 5.91 Å². The van der Waals surface area contributed by atoms with Crippen LogP contribution in [0.25, 0.3) is 0 Å². The molecule has 27 heavy (non-hydrogen) atoms. The van der Waals surface area contributed by atoms with Gasteiger partial charge < -0.3 is 20.5 Å². The van der Waals surface area contributed by atoms with Crippen molar-refractivity contribution >= 4 is 41.7 Å². The third kappa shape index (κ3) is 7.41. The normalized spacial score (nSPS) is 10.3. The molecule has 0 saturated heterocycles. The maximum atomic E-state index is 10.9. The molecule has 0 saturated carbocycles. The largest absolute Gasteiger partial charge is 0.493 e. The Morgan fingerprint density at radius 2 is 2.22 bits per heavy atom. The second kappa shape index (κ2) is 11.9. The summed E-state index contributed by atoms with van der Waals surface area (Å²) in [5, 5.41) is 15.8. The first-order valence-corrected chi connectivity index (χ1v) is 9.21. The fourth-order valence-corrected chi connectivity index (χ4v) is 3.17. The lowest BCUT2D eigenvalue weighted by Crippen LogP contribution is -2.20. The number of benzene rings is 1. The molecule has 1 aromatic heterocycles. The van der Waals surface area contributed by atoms with Crippen LogP contribution in [-0.2, 0) is 18.4 Å². The van der Waals surface area contributed by atoms with Gasteiger partial charge in [0.1, 0.15) is 0 Å². The van der Waals surface area contributed by atoms with E-state index in [2.05, 4.69) is 20.8 Å². The molecule has 150 valence electrons. The van der Waals surface area contributed by atoms with Gasteiger partial charge in [-0.2, -0.15) is 0 Å². The molecule has 0 bridgehead atoms. The number of carbonyl (C=O) groups excluding carboxylic acids is 1. The summed E-state index contributed by atoms with van der Waals surface area (Å²) in [6.45, 7) is 1.20. The van der Waals surface area contributed by atoms with Gasteiger partial charge in [-0.25, -0.2) is 4.68 Å². The number of thioether (sulfide) groups is 1. The molecule has 1 aromatic carbocycles. The van der Waals surface area contributed by atoms with Crippen LogP contribution in [0.1, 0.15) is 12.0 Å². The third-order valence-corrected chi connectivity index (χ3v) is 4.67. The number of hydrogen-bond acceptors (Lipinski definition) is 8. The SMILES string of the molecule is COc1cc(CNCCCSc2nnnn2C)cc(Cl)c1OCC(N)=O.Cl. The molecule has 2 rings (SSSR count). The zero-order valence-electron chi connectivity index (χ0n) is 15.0. The Labute approximate surface area is 172 Å². The van der Waals surface area contributed by atoms with Gasteiger partial charge in [-0.1, -0.05) is 23.4 Å². The van der Waals surface area contributed by atoms with E-state index in [1.54, 1.807) is 22.5 Å². The summed E-state index contributed by atoms with van der Waals surface area (Å²) in [6, 6.07) is 3.59. The standard InChI is InChI=1S/C15H21ClN6O3S.ClH/c1-22-15(19-20-21-22)26-5-3-4-18-8-10-6-11(16)14(12(7-10)24-2)25-9-13(17)23;/h6-7,18H,3-5,8-9H2,1-2H3,(H2,17,23);1H. The first-order valence-electron chi connectivity index (χ1n) is 7.84. The first-order chi connectivity index (χ1) is 12.5. The minimum absolute atomic E-state index is 0. The highest BCUT2D eigenvalue weighted by Gasteiger charge is 2.13. The molecule has 0 aliphatic carbocycles. The van der Waals surface area contributed by atoms with E-state index in [9.17, 15) is 4.79 Å². The highest BCUT2D eigenvalue weighted by Crippen LogP contribution is 2.36. The summed E-state index contributed by atoms with van der Waals surface area (Å²) < 4.78 is 12.2. The lowest BCUT2D eigenvalue weighted by molar-refractivity contribution is -0.119. The van der Waals surface area contributed by atoms with Crippen molar-refractivity contribution in [1.82, 2.24) is 25.5 Å². The van der Waals surface area contributed by atoms with Crippen LogP contribution in [0.3, 0.4) is 0 Å². The Hall–Kier alpha value is -1.75. The van der Waals surface area contributed by atoms with Gasteiger partial charge >= 0.3 is 0 Å². The third-order valence-electron chi connectivity index (χ3n) is 3.29. The van der Waals surface area contributed by atoms with E-state index in [1.807, 2.05) is 13.1 Å². The number of tetrazole rings is 1. The lowest BCUT2D eigenvalue weighted by atomic mass is 10.2. The van der Waals surface area contributed by atoms with Crippen molar-refractivity contribution in [2.45, 2.75) is 18.1 Å². The molecule has 0 radical (unpaired) electrons. The average Bonchev–Trinajstić information content (AvgIpc) is 3.01. The fraction of sp³-hybridized carbons (Fsp3) is 0.467. The van der Waals surface area contributed by atoms with Gasteiger partial charge in [0.15, 0.2) is 18.1 Å². The molecule has 0 spiro atoms. The Balaban J connectivity index is 0.00000364. The van der Waals surface area contributed by atoms with Crippen molar-refractivity contribution in [2.75, 3.05) is 26.0 Å². The van der Waals surface area contributed by atoms with Crippen LogP contribution in [0.5, 0.6) is 11.5 Å². The summed E-state index contributed by atoms with van der Waals surface area (Å²) in [5.41, 5.74) is 6.03. The quantitative estimate of drug-likeness (QED) is 0.401. The Morgan fingerprint density at radius 3 is 2.85 bits per heavy atom. The molecule has 0 aliphatic rings. The van der Waals surface area contributed by atoms with E-state index in [0.717, 1.165) is 29.4 Å². The minimum Gasteiger partial charge on any atom is -0.493 e. The number of aromatic nitrogens is 4. The number of amides is 1. The molecular weight excluding hydrogens is 415 g/mol. The summed E-state index contributed by atoms with van der Waals surface area (Å²) in [6.07, 6.45) is 0.961. The van der Waals surface area contributed by atoms with Crippen molar-refractivity contribution < 1.29 is 14.3 Å². The number of nitrogens with one attached hydrogen (secondary N) is 1. The van der Waals surface area contributed by atoms with Gasteiger partial charge in [0.05, 0.1) is 12.1 Å². The Morgan fingerprint density at radius 1 is 1.44 bits per heavy atom. The molecule has 0 unspecified atom stereocenters. The number of nitrogens with zero attached hydrogens (tertiary/aromatic N) is 4. The van der Waals surface area contributed by atoms with Gasteiger partial charge in [-0.3, -0.25) is 4.79 Å². The van der Waals surface area contributed by atoms with Crippen LogP contribution in [0.4, 0.5) is 0 Å². The maximum absolute atomic E-state index is 10.9. The zero-order valence-corrected chi connectivity index (χ0v) is 17.4.